The first-order valence-corrected chi connectivity index (χ1v) is 6.61. The molecule has 0 aromatic carbocycles. The van der Waals surface area contributed by atoms with Gasteiger partial charge < -0.3 is 15.7 Å². The summed E-state index contributed by atoms with van der Waals surface area (Å²) in [6.45, 7) is -0.138. The maximum Gasteiger partial charge on any atom is 0.389 e. The van der Waals surface area contributed by atoms with Gasteiger partial charge in [-0.2, -0.15) is 13.2 Å². The summed E-state index contributed by atoms with van der Waals surface area (Å²) in [5.74, 6) is -1.09. The van der Waals surface area contributed by atoms with Crippen molar-refractivity contribution in [3.05, 3.63) is 0 Å². The first-order chi connectivity index (χ1) is 9.25. The number of amides is 2. The van der Waals surface area contributed by atoms with Gasteiger partial charge in [-0.05, 0) is 19.3 Å². The summed E-state index contributed by atoms with van der Waals surface area (Å²) < 4.78 is 35.7. The molecule has 0 aromatic heterocycles. The molecule has 3 N–H and O–H groups in total. The Bertz CT molecular complexity index is 352. The highest BCUT2D eigenvalue weighted by Crippen LogP contribution is 2.28. The van der Waals surface area contributed by atoms with E-state index in [0.717, 1.165) is 6.42 Å². The molecule has 2 amide bonds. The van der Waals surface area contributed by atoms with Gasteiger partial charge in [-0.1, -0.05) is 19.3 Å². The number of carbonyl (C=O) groups is 2. The normalized spacial score (nSPS) is 18.4. The predicted molar refractivity (Wildman–Crippen MR) is 65.3 cm³/mol. The number of hydrogen-bond donors (Lipinski definition) is 3. The highest BCUT2D eigenvalue weighted by molar-refractivity contribution is 5.86. The van der Waals surface area contributed by atoms with Crippen molar-refractivity contribution in [1.82, 2.24) is 10.6 Å². The van der Waals surface area contributed by atoms with E-state index >= 15 is 0 Å². The molecule has 0 aromatic rings. The zero-order valence-corrected chi connectivity index (χ0v) is 11.1. The van der Waals surface area contributed by atoms with Crippen LogP contribution in [0.3, 0.4) is 0 Å². The first kappa shape index (κ1) is 16.6. The standard InChI is InChI=1S/C12H19F3N2O3/c13-12(14,15)7-4-8-16-10(20)17-11(9(18)19)5-2-1-3-6-11/h1-8H2,(H,18,19)(H2,16,17,20). The molecule has 1 rings (SSSR count). The molecule has 0 bridgehead atoms. The number of carboxylic acid groups (broad SMARTS) is 1. The second kappa shape index (κ2) is 6.81. The molecule has 1 saturated carbocycles. The van der Waals surface area contributed by atoms with Crippen molar-refractivity contribution in [1.29, 1.82) is 0 Å². The molecular weight excluding hydrogens is 277 g/mol. The minimum atomic E-state index is -4.25. The summed E-state index contributed by atoms with van der Waals surface area (Å²) in [6.07, 6.45) is -2.42. The Kier molecular flexibility index (Phi) is 5.64. The molecule has 0 atom stereocenters. The number of nitrogens with one attached hydrogen (secondary N) is 2. The average molecular weight is 296 g/mol. The van der Waals surface area contributed by atoms with Crippen molar-refractivity contribution in [3.63, 3.8) is 0 Å². The minimum Gasteiger partial charge on any atom is -0.480 e. The number of carboxylic acids is 1. The Balaban J connectivity index is 2.37. The van der Waals surface area contributed by atoms with Crippen molar-refractivity contribution in [3.8, 4) is 0 Å². The summed E-state index contributed by atoms with van der Waals surface area (Å²) in [5.41, 5.74) is -1.29. The van der Waals surface area contributed by atoms with Gasteiger partial charge in [0.2, 0.25) is 0 Å². The fraction of sp³-hybridized carbons (Fsp3) is 0.833. The van der Waals surface area contributed by atoms with E-state index in [1.165, 1.54) is 0 Å². The van der Waals surface area contributed by atoms with Gasteiger partial charge >= 0.3 is 18.2 Å². The molecule has 8 heteroatoms. The molecule has 0 spiro atoms. The van der Waals surface area contributed by atoms with E-state index in [-0.39, 0.29) is 13.0 Å². The second-order valence-electron chi connectivity index (χ2n) is 5.05. The summed E-state index contributed by atoms with van der Waals surface area (Å²) >= 11 is 0. The van der Waals surface area contributed by atoms with E-state index in [1.807, 2.05) is 0 Å². The topological polar surface area (TPSA) is 78.4 Å². The summed E-state index contributed by atoms with van der Waals surface area (Å²) in [5, 5.41) is 13.9. The zero-order chi connectivity index (χ0) is 15.2. The van der Waals surface area contributed by atoms with Crippen molar-refractivity contribution in [2.75, 3.05) is 6.54 Å². The highest BCUT2D eigenvalue weighted by Gasteiger charge is 2.40. The molecule has 1 fully saturated rings. The maximum absolute atomic E-state index is 11.9. The zero-order valence-electron chi connectivity index (χ0n) is 11.1. The SMILES string of the molecule is O=C(NCCCC(F)(F)F)NC1(C(=O)O)CCCCC1. The van der Waals surface area contributed by atoms with Crippen LogP contribution in [0.2, 0.25) is 0 Å². The summed E-state index contributed by atoms with van der Waals surface area (Å²) in [4.78, 5) is 22.9. The average Bonchev–Trinajstić information content (AvgIpc) is 2.34. The molecular formula is C12H19F3N2O3. The first-order valence-electron chi connectivity index (χ1n) is 6.61. The number of carbonyl (C=O) groups excluding carboxylic acids is 1. The van der Waals surface area contributed by atoms with Crippen molar-refractivity contribution in [2.45, 2.75) is 56.7 Å². The van der Waals surface area contributed by atoms with Crippen LogP contribution in [0.1, 0.15) is 44.9 Å². The maximum atomic E-state index is 11.9. The molecule has 0 radical (unpaired) electrons. The Morgan fingerprint density at radius 3 is 2.25 bits per heavy atom. The minimum absolute atomic E-state index is 0.138. The molecule has 0 unspecified atom stereocenters. The quantitative estimate of drug-likeness (QED) is 0.682. The third kappa shape index (κ3) is 5.26. The second-order valence-corrected chi connectivity index (χ2v) is 5.05. The van der Waals surface area contributed by atoms with Crippen LogP contribution in [-0.2, 0) is 4.79 Å². The molecule has 0 heterocycles. The largest absolute Gasteiger partial charge is 0.480 e. The molecule has 0 saturated heterocycles. The lowest BCUT2D eigenvalue weighted by Crippen LogP contribution is -2.58. The lowest BCUT2D eigenvalue weighted by atomic mass is 9.82. The third-order valence-electron chi connectivity index (χ3n) is 3.39. The van der Waals surface area contributed by atoms with E-state index in [1.54, 1.807) is 0 Å². The third-order valence-corrected chi connectivity index (χ3v) is 3.39. The summed E-state index contributed by atoms with van der Waals surface area (Å²) in [6, 6.07) is -0.725. The van der Waals surface area contributed by atoms with Crippen LogP contribution >= 0.6 is 0 Å². The van der Waals surface area contributed by atoms with Crippen LogP contribution in [0.15, 0.2) is 0 Å². The Labute approximate surface area is 114 Å². The smallest absolute Gasteiger partial charge is 0.389 e. The number of halogens is 3. The van der Waals surface area contributed by atoms with Gasteiger partial charge in [0.1, 0.15) is 5.54 Å². The summed E-state index contributed by atoms with van der Waals surface area (Å²) in [7, 11) is 0. The lowest BCUT2D eigenvalue weighted by Gasteiger charge is -2.33. The van der Waals surface area contributed by atoms with Crippen molar-refractivity contribution < 1.29 is 27.9 Å². The van der Waals surface area contributed by atoms with E-state index in [2.05, 4.69) is 10.6 Å². The number of alkyl halides is 3. The Morgan fingerprint density at radius 2 is 1.75 bits per heavy atom. The van der Waals surface area contributed by atoms with E-state index in [4.69, 9.17) is 0 Å². The van der Waals surface area contributed by atoms with Gasteiger partial charge in [-0.15, -0.1) is 0 Å². The predicted octanol–water partition coefficient (Wildman–Crippen LogP) is 2.42. The Morgan fingerprint density at radius 1 is 1.15 bits per heavy atom. The van der Waals surface area contributed by atoms with Crippen LogP contribution < -0.4 is 10.6 Å². The molecule has 1 aliphatic carbocycles. The van der Waals surface area contributed by atoms with Crippen LogP contribution in [0.4, 0.5) is 18.0 Å². The number of rotatable bonds is 5. The van der Waals surface area contributed by atoms with E-state index in [0.29, 0.717) is 25.7 Å². The van der Waals surface area contributed by atoms with Gasteiger partial charge in [0.05, 0.1) is 0 Å². The van der Waals surface area contributed by atoms with Crippen LogP contribution in [0, 0.1) is 0 Å². The van der Waals surface area contributed by atoms with Gasteiger partial charge in [0, 0.05) is 13.0 Å². The molecule has 116 valence electrons. The van der Waals surface area contributed by atoms with Crippen LogP contribution in [0.5, 0.6) is 0 Å². The van der Waals surface area contributed by atoms with E-state index < -0.39 is 30.1 Å². The van der Waals surface area contributed by atoms with Gasteiger partial charge in [0.15, 0.2) is 0 Å². The monoisotopic (exact) mass is 296 g/mol. The number of aliphatic carboxylic acids is 1. The van der Waals surface area contributed by atoms with Crippen molar-refractivity contribution in [2.24, 2.45) is 0 Å². The van der Waals surface area contributed by atoms with Gasteiger partial charge in [-0.3, -0.25) is 0 Å². The number of hydrogen-bond acceptors (Lipinski definition) is 2. The molecule has 1 aliphatic rings. The molecule has 20 heavy (non-hydrogen) atoms. The van der Waals surface area contributed by atoms with Crippen LogP contribution in [0.25, 0.3) is 0 Å². The fourth-order valence-corrected chi connectivity index (χ4v) is 2.30. The van der Waals surface area contributed by atoms with Crippen molar-refractivity contribution >= 4 is 12.0 Å². The van der Waals surface area contributed by atoms with Gasteiger partial charge in [-0.25, -0.2) is 9.59 Å². The highest BCUT2D eigenvalue weighted by atomic mass is 19.4. The molecule has 5 nitrogen and oxygen atoms in total. The fourth-order valence-electron chi connectivity index (χ4n) is 2.30. The van der Waals surface area contributed by atoms with Gasteiger partial charge in [0.25, 0.3) is 0 Å². The van der Waals surface area contributed by atoms with Crippen LogP contribution in [-0.4, -0.2) is 35.4 Å². The number of urea groups is 1. The Hall–Kier alpha value is -1.47. The van der Waals surface area contributed by atoms with E-state index in [9.17, 15) is 27.9 Å². The lowest BCUT2D eigenvalue weighted by molar-refractivity contribution is -0.145. The molecule has 0 aliphatic heterocycles.